The molecule has 2 aliphatic heterocycles. The van der Waals surface area contributed by atoms with Crippen LogP contribution in [0.1, 0.15) is 41.0 Å². The maximum atomic E-state index is 13.9. The molecule has 3 heterocycles. The van der Waals surface area contributed by atoms with Gasteiger partial charge in [-0.1, -0.05) is 11.6 Å². The topological polar surface area (TPSA) is 45.5 Å². The minimum atomic E-state index is -0.479. The Morgan fingerprint density at radius 1 is 1.31 bits per heavy atom. The number of ketones is 1. The van der Waals surface area contributed by atoms with E-state index in [4.69, 9.17) is 11.6 Å². The number of aliphatic hydroxyl groups excluding tert-OH is 1. The number of hydrogen-bond donors (Lipinski definition) is 1. The number of rotatable bonds is 4. The van der Waals surface area contributed by atoms with Crippen molar-refractivity contribution in [1.29, 1.82) is 0 Å². The zero-order valence-electron chi connectivity index (χ0n) is 14.9. The Morgan fingerprint density at radius 2 is 2.08 bits per heavy atom. The third-order valence-electron chi connectivity index (χ3n) is 5.87. The van der Waals surface area contributed by atoms with Crippen LogP contribution in [-0.4, -0.2) is 45.1 Å². The summed E-state index contributed by atoms with van der Waals surface area (Å²) in [7, 11) is 0. The number of aliphatic hydroxyl groups is 1. The van der Waals surface area contributed by atoms with Crippen LogP contribution in [0.4, 0.5) is 4.39 Å². The molecule has 1 aromatic carbocycles. The lowest BCUT2D eigenvalue weighted by atomic mass is 9.98. The molecule has 26 heavy (non-hydrogen) atoms. The van der Waals surface area contributed by atoms with Crippen LogP contribution in [0.25, 0.3) is 5.69 Å². The molecule has 6 heteroatoms. The summed E-state index contributed by atoms with van der Waals surface area (Å²) in [5.41, 5.74) is 2.97. The molecule has 0 spiro atoms. The zero-order valence-corrected chi connectivity index (χ0v) is 15.6. The van der Waals surface area contributed by atoms with E-state index in [0.717, 1.165) is 30.7 Å². The number of carbonyl (C=O) groups is 1. The molecule has 1 aromatic heterocycles. The van der Waals surface area contributed by atoms with Gasteiger partial charge in [-0.2, -0.15) is 0 Å². The molecule has 2 unspecified atom stereocenters. The molecule has 0 saturated carbocycles. The Bertz CT molecular complexity index is 879. The van der Waals surface area contributed by atoms with E-state index < -0.39 is 5.82 Å². The molecule has 0 aliphatic carbocycles. The number of halogens is 2. The van der Waals surface area contributed by atoms with Gasteiger partial charge in [0.25, 0.3) is 0 Å². The first-order chi connectivity index (χ1) is 12.4. The minimum Gasteiger partial charge on any atom is -0.391 e. The van der Waals surface area contributed by atoms with Gasteiger partial charge in [0.05, 0.1) is 17.7 Å². The summed E-state index contributed by atoms with van der Waals surface area (Å²) in [5.74, 6) is -0.433. The third kappa shape index (κ3) is 2.79. The van der Waals surface area contributed by atoms with Crippen LogP contribution in [0.2, 0.25) is 5.02 Å². The van der Waals surface area contributed by atoms with Crippen LogP contribution in [-0.2, 0) is 0 Å². The fourth-order valence-corrected chi connectivity index (χ4v) is 4.75. The van der Waals surface area contributed by atoms with Gasteiger partial charge in [-0.05, 0) is 57.4 Å². The molecule has 2 aromatic rings. The number of hydrogen-bond acceptors (Lipinski definition) is 3. The highest BCUT2D eigenvalue weighted by Crippen LogP contribution is 2.37. The van der Waals surface area contributed by atoms with Crippen LogP contribution >= 0.6 is 11.6 Å². The quantitative estimate of drug-likeness (QED) is 0.828. The van der Waals surface area contributed by atoms with Gasteiger partial charge in [-0.25, -0.2) is 4.39 Å². The lowest BCUT2D eigenvalue weighted by molar-refractivity contribution is 0.0873. The van der Waals surface area contributed by atoms with E-state index in [1.165, 1.54) is 12.1 Å². The van der Waals surface area contributed by atoms with E-state index in [1.807, 2.05) is 24.5 Å². The largest absolute Gasteiger partial charge is 0.391 e. The van der Waals surface area contributed by atoms with Crippen molar-refractivity contribution in [2.75, 3.05) is 6.54 Å². The van der Waals surface area contributed by atoms with Crippen LogP contribution in [0.15, 0.2) is 24.3 Å². The lowest BCUT2D eigenvalue weighted by Crippen LogP contribution is -2.36. The Kier molecular flexibility index (Phi) is 4.41. The zero-order chi connectivity index (χ0) is 18.6. The minimum absolute atomic E-state index is 0.0461. The average Bonchev–Trinajstić information content (AvgIpc) is 3.21. The predicted octanol–water partition coefficient (Wildman–Crippen LogP) is 3.67. The molecule has 3 atom stereocenters. The smallest absolute Gasteiger partial charge is 0.178 e. The molecule has 0 amide bonds. The van der Waals surface area contributed by atoms with Crippen molar-refractivity contribution in [1.82, 2.24) is 9.47 Å². The lowest BCUT2D eigenvalue weighted by Gasteiger charge is -2.21. The first-order valence-electron chi connectivity index (χ1n) is 8.98. The molecule has 4 rings (SSSR count). The van der Waals surface area contributed by atoms with E-state index in [1.54, 1.807) is 6.07 Å². The number of carbonyl (C=O) groups excluding carboxylic acids is 1. The van der Waals surface area contributed by atoms with Crippen molar-refractivity contribution in [2.45, 2.75) is 51.3 Å². The normalized spacial score (nSPS) is 25.2. The summed E-state index contributed by atoms with van der Waals surface area (Å²) >= 11 is 5.78. The monoisotopic (exact) mass is 376 g/mol. The van der Waals surface area contributed by atoms with Crippen LogP contribution in [0.3, 0.4) is 0 Å². The van der Waals surface area contributed by atoms with Gasteiger partial charge >= 0.3 is 0 Å². The number of aromatic nitrogens is 1. The standard InChI is InChI=1S/C20H22ClFN2O2/c1-11-7-15(12(2)24(11)14-3-5-16(21)17(22)8-14)20(26)10-23-13-4-6-18(23)19(25)9-13/h3,5,7-8,13,18-19,25H,4,6,9-10H2,1-2H3/t13?,18?,19-/m0/s1. The summed E-state index contributed by atoms with van der Waals surface area (Å²) in [4.78, 5) is 15.1. The second-order valence-electron chi connectivity index (χ2n) is 7.42. The van der Waals surface area contributed by atoms with Gasteiger partial charge in [0.15, 0.2) is 5.78 Å². The van der Waals surface area contributed by atoms with E-state index in [-0.39, 0.29) is 23.0 Å². The number of Topliss-reactive ketones (excluding diaryl/α,β-unsaturated/α-hetero) is 1. The van der Waals surface area contributed by atoms with Gasteiger partial charge in [0.2, 0.25) is 0 Å². The molecule has 138 valence electrons. The summed E-state index contributed by atoms with van der Waals surface area (Å²) in [6.45, 7) is 4.10. The Hall–Kier alpha value is -1.69. The number of aryl methyl sites for hydroxylation is 1. The van der Waals surface area contributed by atoms with Gasteiger partial charge in [-0.15, -0.1) is 0 Å². The molecule has 1 N–H and O–H groups in total. The maximum absolute atomic E-state index is 13.9. The van der Waals surface area contributed by atoms with E-state index in [2.05, 4.69) is 4.90 Å². The van der Waals surface area contributed by atoms with Gasteiger partial charge in [-0.3, -0.25) is 9.69 Å². The summed E-state index contributed by atoms with van der Waals surface area (Å²) in [6.07, 6.45) is 2.47. The van der Waals surface area contributed by atoms with E-state index in [0.29, 0.717) is 23.8 Å². The van der Waals surface area contributed by atoms with Gasteiger partial charge in [0.1, 0.15) is 5.82 Å². The number of nitrogens with zero attached hydrogens (tertiary/aromatic N) is 2. The Balaban J connectivity index is 1.62. The van der Waals surface area contributed by atoms with Crippen molar-refractivity contribution in [2.24, 2.45) is 0 Å². The molecule has 4 nitrogen and oxygen atoms in total. The first-order valence-corrected chi connectivity index (χ1v) is 9.36. The Morgan fingerprint density at radius 3 is 2.69 bits per heavy atom. The molecule has 2 bridgehead atoms. The molecule has 2 fully saturated rings. The SMILES string of the molecule is Cc1cc(C(=O)CN2C3CCC2[C@@H](O)C3)c(C)n1-c1ccc(Cl)c(F)c1. The average molecular weight is 377 g/mol. The molecule has 2 aliphatic rings. The number of fused-ring (bicyclic) bond motifs is 2. The van der Waals surface area contributed by atoms with Crippen molar-refractivity contribution < 1.29 is 14.3 Å². The fraction of sp³-hybridized carbons (Fsp3) is 0.450. The summed E-state index contributed by atoms with van der Waals surface area (Å²) in [5, 5.41) is 10.1. The highest BCUT2D eigenvalue weighted by atomic mass is 35.5. The van der Waals surface area contributed by atoms with Crippen molar-refractivity contribution in [3.05, 3.63) is 52.1 Å². The van der Waals surface area contributed by atoms with Gasteiger partial charge in [0, 0.05) is 34.7 Å². The van der Waals surface area contributed by atoms with Gasteiger partial charge < -0.3 is 9.67 Å². The van der Waals surface area contributed by atoms with Crippen molar-refractivity contribution in [3.8, 4) is 5.69 Å². The highest BCUT2D eigenvalue weighted by molar-refractivity contribution is 6.30. The van der Waals surface area contributed by atoms with Crippen LogP contribution < -0.4 is 0 Å². The third-order valence-corrected chi connectivity index (χ3v) is 6.17. The predicted molar refractivity (Wildman–Crippen MR) is 98.7 cm³/mol. The number of benzene rings is 1. The Labute approximate surface area is 157 Å². The summed E-state index contributed by atoms with van der Waals surface area (Å²) < 4.78 is 15.7. The second-order valence-corrected chi connectivity index (χ2v) is 7.82. The molecule has 2 saturated heterocycles. The van der Waals surface area contributed by atoms with E-state index in [9.17, 15) is 14.3 Å². The van der Waals surface area contributed by atoms with Crippen LogP contribution in [0, 0.1) is 19.7 Å². The second kappa shape index (κ2) is 6.48. The van der Waals surface area contributed by atoms with E-state index >= 15 is 0 Å². The maximum Gasteiger partial charge on any atom is 0.178 e. The summed E-state index contributed by atoms with van der Waals surface area (Å²) in [6, 6.07) is 6.93. The van der Waals surface area contributed by atoms with Crippen LogP contribution in [0.5, 0.6) is 0 Å². The van der Waals surface area contributed by atoms with Crippen molar-refractivity contribution in [3.63, 3.8) is 0 Å². The first kappa shape index (κ1) is 17.7. The molecule has 0 radical (unpaired) electrons. The highest BCUT2D eigenvalue weighted by Gasteiger charge is 2.46. The van der Waals surface area contributed by atoms with Crippen molar-refractivity contribution >= 4 is 17.4 Å². The fourth-order valence-electron chi connectivity index (χ4n) is 4.63. The molecular weight excluding hydrogens is 355 g/mol. The molecular formula is C20H22ClFN2O2.